The second-order valence-corrected chi connectivity index (χ2v) is 6.21. The lowest BCUT2D eigenvalue weighted by Gasteiger charge is -2.25. The van der Waals surface area contributed by atoms with Crippen LogP contribution in [-0.2, 0) is 4.79 Å². The lowest BCUT2D eigenvalue weighted by molar-refractivity contribution is -0.121. The molecule has 1 amide bonds. The molecule has 0 aromatic heterocycles. The Hall–Kier alpha value is -0.220. The van der Waals surface area contributed by atoms with Gasteiger partial charge >= 0.3 is 0 Å². The predicted molar refractivity (Wildman–Crippen MR) is 68.4 cm³/mol. The van der Waals surface area contributed by atoms with Crippen molar-refractivity contribution in [2.24, 2.45) is 11.7 Å². The van der Waals surface area contributed by atoms with E-state index in [4.69, 9.17) is 5.73 Å². The van der Waals surface area contributed by atoms with E-state index in [2.05, 4.69) is 5.32 Å². The average molecular weight is 242 g/mol. The lowest BCUT2D eigenvalue weighted by Crippen LogP contribution is -2.44. The minimum Gasteiger partial charge on any atom is -0.352 e. The van der Waals surface area contributed by atoms with Gasteiger partial charge in [0.25, 0.3) is 0 Å². The summed E-state index contributed by atoms with van der Waals surface area (Å²) in [4.78, 5) is 12.0. The van der Waals surface area contributed by atoms with Crippen molar-refractivity contribution in [2.45, 2.75) is 49.8 Å². The molecule has 2 rings (SSSR count). The largest absolute Gasteiger partial charge is 0.352 e. The number of carbonyl (C=O) groups is 1. The van der Waals surface area contributed by atoms with Crippen molar-refractivity contribution >= 4 is 17.7 Å². The van der Waals surface area contributed by atoms with Gasteiger partial charge in [0.15, 0.2) is 0 Å². The summed E-state index contributed by atoms with van der Waals surface area (Å²) >= 11 is 1.82. The molecule has 4 heteroatoms. The maximum absolute atomic E-state index is 12.0. The van der Waals surface area contributed by atoms with E-state index in [1.807, 2.05) is 11.8 Å². The fraction of sp³-hybridized carbons (Fsp3) is 0.917. The first-order valence-corrected chi connectivity index (χ1v) is 7.48. The van der Waals surface area contributed by atoms with E-state index in [9.17, 15) is 4.79 Å². The number of hydrogen-bond acceptors (Lipinski definition) is 3. The van der Waals surface area contributed by atoms with Crippen LogP contribution in [0.2, 0.25) is 0 Å². The number of nitrogens with one attached hydrogen (secondary N) is 1. The van der Waals surface area contributed by atoms with Gasteiger partial charge in [0.05, 0.1) is 5.25 Å². The van der Waals surface area contributed by atoms with Crippen LogP contribution in [0.4, 0.5) is 0 Å². The Kier molecular flexibility index (Phi) is 4.53. The van der Waals surface area contributed by atoms with Gasteiger partial charge in [-0.25, -0.2) is 0 Å². The zero-order valence-electron chi connectivity index (χ0n) is 9.78. The molecule has 0 bridgehead atoms. The van der Waals surface area contributed by atoms with E-state index in [0.29, 0.717) is 18.5 Å². The summed E-state index contributed by atoms with van der Waals surface area (Å²) in [6, 6.07) is 0.347. The lowest BCUT2D eigenvalue weighted by atomic mass is 10.0. The molecule has 1 saturated heterocycles. The van der Waals surface area contributed by atoms with Gasteiger partial charge in [0, 0.05) is 6.04 Å². The third-order valence-electron chi connectivity index (χ3n) is 3.76. The van der Waals surface area contributed by atoms with Crippen LogP contribution in [0.5, 0.6) is 0 Å². The number of nitrogens with two attached hydrogens (primary N) is 1. The van der Waals surface area contributed by atoms with Gasteiger partial charge in [-0.1, -0.05) is 12.8 Å². The molecule has 3 nitrogen and oxygen atoms in total. The minimum atomic E-state index is 0.202. The number of carbonyl (C=O) groups excluding carboxylic acids is 1. The molecular weight excluding hydrogens is 220 g/mol. The van der Waals surface area contributed by atoms with Crippen molar-refractivity contribution in [3.8, 4) is 0 Å². The summed E-state index contributed by atoms with van der Waals surface area (Å²) < 4.78 is 0. The molecular formula is C12H22N2OS. The van der Waals surface area contributed by atoms with Gasteiger partial charge in [-0.15, -0.1) is 11.8 Å². The van der Waals surface area contributed by atoms with Crippen molar-refractivity contribution in [3.05, 3.63) is 0 Å². The minimum absolute atomic E-state index is 0.202. The van der Waals surface area contributed by atoms with E-state index in [-0.39, 0.29) is 11.2 Å². The van der Waals surface area contributed by atoms with Crippen LogP contribution in [0.3, 0.4) is 0 Å². The summed E-state index contributed by atoms with van der Waals surface area (Å²) in [6.45, 7) is 0.711. The van der Waals surface area contributed by atoms with E-state index >= 15 is 0 Å². The van der Waals surface area contributed by atoms with Crippen molar-refractivity contribution in [3.63, 3.8) is 0 Å². The van der Waals surface area contributed by atoms with Gasteiger partial charge in [0.2, 0.25) is 5.91 Å². The Morgan fingerprint density at radius 3 is 2.81 bits per heavy atom. The van der Waals surface area contributed by atoms with Crippen molar-refractivity contribution < 1.29 is 4.79 Å². The van der Waals surface area contributed by atoms with Crippen LogP contribution < -0.4 is 11.1 Å². The molecule has 0 spiro atoms. The highest BCUT2D eigenvalue weighted by Crippen LogP contribution is 2.28. The first kappa shape index (κ1) is 12.2. The van der Waals surface area contributed by atoms with Crippen LogP contribution >= 0.6 is 11.8 Å². The number of thioether (sulfide) groups is 1. The van der Waals surface area contributed by atoms with Gasteiger partial charge in [-0.05, 0) is 43.9 Å². The van der Waals surface area contributed by atoms with Crippen molar-refractivity contribution in [1.29, 1.82) is 0 Å². The standard InChI is InChI=1S/C12H22N2OS/c13-8-9-4-3-5-10(9)14-12(15)11-6-1-2-7-16-11/h9-11H,1-8,13H2,(H,14,15). The maximum atomic E-state index is 12.0. The second kappa shape index (κ2) is 5.92. The molecule has 0 aromatic rings. The zero-order chi connectivity index (χ0) is 11.4. The van der Waals surface area contributed by atoms with Gasteiger partial charge in [-0.2, -0.15) is 0 Å². The Balaban J connectivity index is 1.81. The molecule has 0 radical (unpaired) electrons. The predicted octanol–water partition coefficient (Wildman–Crippen LogP) is 1.52. The molecule has 3 unspecified atom stereocenters. The first-order chi connectivity index (χ1) is 7.81. The molecule has 1 aliphatic carbocycles. The van der Waals surface area contributed by atoms with Gasteiger partial charge < -0.3 is 11.1 Å². The highest BCUT2D eigenvalue weighted by molar-refractivity contribution is 8.00. The average Bonchev–Trinajstić information content (AvgIpc) is 2.77. The van der Waals surface area contributed by atoms with Crippen LogP contribution in [0.15, 0.2) is 0 Å². The highest BCUT2D eigenvalue weighted by Gasteiger charge is 2.30. The van der Waals surface area contributed by atoms with Crippen LogP contribution in [0.25, 0.3) is 0 Å². The number of amides is 1. The third-order valence-corrected chi connectivity index (χ3v) is 5.14. The number of rotatable bonds is 3. The Labute approximate surface area is 102 Å². The Morgan fingerprint density at radius 2 is 2.12 bits per heavy atom. The van der Waals surface area contributed by atoms with Gasteiger partial charge in [-0.3, -0.25) is 4.79 Å². The molecule has 2 aliphatic rings. The fourth-order valence-corrected chi connectivity index (χ4v) is 3.94. The second-order valence-electron chi connectivity index (χ2n) is 4.90. The summed E-state index contributed by atoms with van der Waals surface area (Å²) in [5, 5.41) is 3.41. The Morgan fingerprint density at radius 1 is 1.25 bits per heavy atom. The quantitative estimate of drug-likeness (QED) is 0.789. The molecule has 16 heavy (non-hydrogen) atoms. The smallest absolute Gasteiger partial charge is 0.233 e. The molecule has 3 N–H and O–H groups in total. The van der Waals surface area contributed by atoms with Crippen LogP contribution in [0, 0.1) is 5.92 Å². The van der Waals surface area contributed by atoms with Crippen molar-refractivity contribution in [2.75, 3.05) is 12.3 Å². The molecule has 1 saturated carbocycles. The molecule has 92 valence electrons. The van der Waals surface area contributed by atoms with Gasteiger partial charge in [0.1, 0.15) is 0 Å². The summed E-state index contributed by atoms with van der Waals surface area (Å²) in [7, 11) is 0. The molecule has 1 aliphatic heterocycles. The summed E-state index contributed by atoms with van der Waals surface area (Å²) in [6.07, 6.45) is 7.03. The fourth-order valence-electron chi connectivity index (χ4n) is 2.73. The third kappa shape index (κ3) is 2.92. The normalized spacial score (nSPS) is 34.9. The van der Waals surface area contributed by atoms with Crippen LogP contribution in [0.1, 0.15) is 38.5 Å². The van der Waals surface area contributed by atoms with E-state index in [1.54, 1.807) is 0 Å². The SMILES string of the molecule is NCC1CCCC1NC(=O)C1CCCCS1. The monoisotopic (exact) mass is 242 g/mol. The topological polar surface area (TPSA) is 55.1 Å². The summed E-state index contributed by atoms with van der Waals surface area (Å²) in [5.74, 6) is 1.91. The van der Waals surface area contributed by atoms with Crippen LogP contribution in [-0.4, -0.2) is 29.5 Å². The zero-order valence-corrected chi connectivity index (χ0v) is 10.6. The van der Waals surface area contributed by atoms with E-state index in [0.717, 1.165) is 18.6 Å². The van der Waals surface area contributed by atoms with E-state index < -0.39 is 0 Å². The Bertz CT molecular complexity index is 241. The highest BCUT2D eigenvalue weighted by atomic mass is 32.2. The van der Waals surface area contributed by atoms with Crippen molar-refractivity contribution in [1.82, 2.24) is 5.32 Å². The van der Waals surface area contributed by atoms with E-state index in [1.165, 1.54) is 25.7 Å². The molecule has 0 aromatic carbocycles. The molecule has 2 fully saturated rings. The molecule has 3 atom stereocenters. The molecule has 1 heterocycles. The summed E-state index contributed by atoms with van der Waals surface area (Å²) in [5.41, 5.74) is 5.72. The first-order valence-electron chi connectivity index (χ1n) is 6.43. The maximum Gasteiger partial charge on any atom is 0.233 e. The number of hydrogen-bond donors (Lipinski definition) is 2.